The zero-order valence-corrected chi connectivity index (χ0v) is 18.2. The van der Waals surface area contributed by atoms with Crippen LogP contribution in [0.1, 0.15) is 6.42 Å². The van der Waals surface area contributed by atoms with E-state index in [0.717, 1.165) is 10.6 Å². The third-order valence-electron chi connectivity index (χ3n) is 4.36. The number of para-hydroxylation sites is 2. The van der Waals surface area contributed by atoms with Crippen LogP contribution in [-0.2, 0) is 14.9 Å². The summed E-state index contributed by atoms with van der Waals surface area (Å²) in [5, 5.41) is 0.713. The summed E-state index contributed by atoms with van der Waals surface area (Å²) in [5.41, 5.74) is 1.59. The van der Waals surface area contributed by atoms with Crippen molar-refractivity contribution in [1.29, 1.82) is 0 Å². The molecule has 0 N–H and O–H groups in total. The van der Waals surface area contributed by atoms with Gasteiger partial charge >= 0.3 is 0 Å². The van der Waals surface area contributed by atoms with Gasteiger partial charge in [0.05, 0.1) is 21.5 Å². The highest BCUT2D eigenvalue weighted by Gasteiger charge is 2.39. The predicted octanol–water partition coefficient (Wildman–Crippen LogP) is 3.77. The van der Waals surface area contributed by atoms with Crippen LogP contribution in [0.5, 0.6) is 0 Å². The summed E-state index contributed by atoms with van der Waals surface area (Å²) in [4.78, 5) is 18.1. The van der Waals surface area contributed by atoms with E-state index in [9.17, 15) is 17.8 Å². The van der Waals surface area contributed by atoms with E-state index in [1.54, 1.807) is 0 Å². The summed E-state index contributed by atoms with van der Waals surface area (Å²) in [6.07, 6.45) is 0.170. The van der Waals surface area contributed by atoms with Crippen LogP contribution >= 0.6 is 35.7 Å². The molecule has 0 aromatic heterocycles. The Balaban J connectivity index is 1.69. The van der Waals surface area contributed by atoms with Gasteiger partial charge in [-0.25, -0.2) is 8.42 Å². The molecule has 2 heterocycles. The van der Waals surface area contributed by atoms with E-state index in [0.29, 0.717) is 26.5 Å². The largest absolute Gasteiger partial charge is 0.748 e. The monoisotopic (exact) mass is 463 g/mol. The number of carbonyl (C=O) groups excluding carboxylic acids is 1. The molecule has 0 radical (unpaired) electrons. The second kappa shape index (κ2) is 8.11. The lowest BCUT2D eigenvalue weighted by molar-refractivity contribution is -0.113. The maximum atomic E-state index is 13.2. The quantitative estimate of drug-likeness (QED) is 0.377. The van der Waals surface area contributed by atoms with Crippen molar-refractivity contribution in [3.63, 3.8) is 0 Å². The Morgan fingerprint density at radius 2 is 1.69 bits per heavy atom. The van der Waals surface area contributed by atoms with Gasteiger partial charge in [0, 0.05) is 17.2 Å². The molecule has 6 nitrogen and oxygen atoms in total. The van der Waals surface area contributed by atoms with Crippen molar-refractivity contribution < 1.29 is 17.8 Å². The molecule has 0 spiro atoms. The Morgan fingerprint density at radius 3 is 2.41 bits per heavy atom. The van der Waals surface area contributed by atoms with Crippen LogP contribution in [0.4, 0.5) is 11.4 Å². The number of carbonyl (C=O) groups is 1. The number of anilines is 2. The van der Waals surface area contributed by atoms with Crippen molar-refractivity contribution >= 4 is 67.5 Å². The van der Waals surface area contributed by atoms with E-state index in [1.807, 2.05) is 59.5 Å². The van der Waals surface area contributed by atoms with E-state index < -0.39 is 15.9 Å². The standard InChI is InChI=1S/C19H16N2O4S4/c22-17-16(28-19(26)21(17)13-7-2-1-3-8-13)18-20(11-6-12-29(23,24)25)14-9-4-5-10-15(14)27-18/h1-5,7-10H,6,11-12H2,(H,23,24,25)/p-1. The molecule has 29 heavy (non-hydrogen) atoms. The van der Waals surface area contributed by atoms with Gasteiger partial charge in [0.25, 0.3) is 5.91 Å². The number of rotatable bonds is 5. The third-order valence-corrected chi connectivity index (χ3v) is 7.82. The van der Waals surface area contributed by atoms with E-state index in [-0.39, 0.29) is 12.3 Å². The molecule has 1 fully saturated rings. The summed E-state index contributed by atoms with van der Waals surface area (Å²) >= 11 is 8.14. The van der Waals surface area contributed by atoms with Crippen LogP contribution in [0.25, 0.3) is 0 Å². The molecule has 2 aliphatic rings. The third kappa shape index (κ3) is 4.22. The van der Waals surface area contributed by atoms with Crippen molar-refractivity contribution in [3.05, 3.63) is 64.5 Å². The first-order valence-electron chi connectivity index (χ1n) is 8.69. The molecule has 0 atom stereocenters. The van der Waals surface area contributed by atoms with E-state index in [2.05, 4.69) is 0 Å². The van der Waals surface area contributed by atoms with Gasteiger partial charge in [-0.2, -0.15) is 0 Å². The smallest absolute Gasteiger partial charge is 0.273 e. The first kappa shape index (κ1) is 20.4. The minimum atomic E-state index is -4.29. The van der Waals surface area contributed by atoms with Crippen molar-refractivity contribution in [1.82, 2.24) is 0 Å². The van der Waals surface area contributed by atoms with Gasteiger partial charge in [0.1, 0.15) is 9.93 Å². The molecule has 1 amide bonds. The Hall–Kier alpha value is -1.85. The predicted molar refractivity (Wildman–Crippen MR) is 120 cm³/mol. The maximum Gasteiger partial charge on any atom is 0.273 e. The minimum Gasteiger partial charge on any atom is -0.748 e. The molecular formula is C19H15N2O4S4-. The SMILES string of the molecule is O=C1C(=C2Sc3ccccc3N2CCCS(=O)(=O)[O-])SC(=S)N1c1ccccc1. The average Bonchev–Trinajstić information content (AvgIpc) is 3.18. The Morgan fingerprint density at radius 1 is 1.00 bits per heavy atom. The van der Waals surface area contributed by atoms with Gasteiger partial charge in [0.15, 0.2) is 4.32 Å². The summed E-state index contributed by atoms with van der Waals surface area (Å²) < 4.78 is 33.5. The van der Waals surface area contributed by atoms with E-state index >= 15 is 0 Å². The van der Waals surface area contributed by atoms with Crippen molar-refractivity contribution in [2.75, 3.05) is 22.1 Å². The molecular weight excluding hydrogens is 448 g/mol. The number of thioether (sulfide) groups is 2. The molecule has 2 aromatic carbocycles. The van der Waals surface area contributed by atoms with Gasteiger partial charge < -0.3 is 9.45 Å². The summed E-state index contributed by atoms with van der Waals surface area (Å²) in [5.74, 6) is -0.655. The lowest BCUT2D eigenvalue weighted by Gasteiger charge is -2.22. The van der Waals surface area contributed by atoms with Gasteiger partial charge in [-0.05, 0) is 30.7 Å². The average molecular weight is 464 g/mol. The lowest BCUT2D eigenvalue weighted by Crippen LogP contribution is -2.29. The number of hydrogen-bond donors (Lipinski definition) is 0. The second-order valence-electron chi connectivity index (χ2n) is 6.32. The molecule has 0 bridgehead atoms. The van der Waals surface area contributed by atoms with Crippen LogP contribution in [0.3, 0.4) is 0 Å². The normalized spacial score (nSPS) is 19.2. The molecule has 10 heteroatoms. The van der Waals surface area contributed by atoms with Crippen molar-refractivity contribution in [2.45, 2.75) is 11.3 Å². The number of hydrogen-bond acceptors (Lipinski definition) is 8. The molecule has 2 aromatic rings. The fourth-order valence-corrected chi connectivity index (χ4v) is 6.24. The van der Waals surface area contributed by atoms with Crippen LogP contribution in [0, 0.1) is 0 Å². The first-order valence-corrected chi connectivity index (χ1v) is 12.3. The highest BCUT2D eigenvalue weighted by atomic mass is 32.2. The van der Waals surface area contributed by atoms with Gasteiger partial charge in [0.2, 0.25) is 0 Å². The van der Waals surface area contributed by atoms with Crippen LogP contribution in [0.15, 0.2) is 69.4 Å². The Bertz CT molecular complexity index is 1120. The fraction of sp³-hybridized carbons (Fsp3) is 0.158. The first-order chi connectivity index (χ1) is 13.8. The number of benzene rings is 2. The highest BCUT2D eigenvalue weighted by molar-refractivity contribution is 8.27. The molecule has 0 saturated carbocycles. The van der Waals surface area contributed by atoms with Gasteiger partial charge in [-0.1, -0.05) is 66.1 Å². The molecule has 0 unspecified atom stereocenters. The second-order valence-corrected chi connectivity index (χ2v) is 10.5. The van der Waals surface area contributed by atoms with Crippen LogP contribution in [-0.4, -0.2) is 35.5 Å². The summed E-state index contributed by atoms with van der Waals surface area (Å²) in [7, 11) is -4.29. The van der Waals surface area contributed by atoms with E-state index in [1.165, 1.54) is 28.4 Å². The van der Waals surface area contributed by atoms with Gasteiger partial charge in [-0.3, -0.25) is 9.69 Å². The van der Waals surface area contributed by atoms with Crippen molar-refractivity contribution in [2.24, 2.45) is 0 Å². The van der Waals surface area contributed by atoms with Gasteiger partial charge in [-0.15, -0.1) is 0 Å². The fourth-order valence-electron chi connectivity index (χ4n) is 3.12. The Labute approximate surface area is 182 Å². The number of amides is 1. The summed E-state index contributed by atoms with van der Waals surface area (Å²) in [6.45, 7) is 0.316. The van der Waals surface area contributed by atoms with E-state index in [4.69, 9.17) is 12.2 Å². The molecule has 4 rings (SSSR count). The maximum absolute atomic E-state index is 13.2. The topological polar surface area (TPSA) is 80.8 Å². The highest BCUT2D eigenvalue weighted by Crippen LogP contribution is 2.51. The Kier molecular flexibility index (Phi) is 5.71. The molecule has 150 valence electrons. The zero-order chi connectivity index (χ0) is 20.6. The lowest BCUT2D eigenvalue weighted by atomic mass is 10.2. The molecule has 0 aliphatic carbocycles. The number of thiocarbonyl (C=S) groups is 1. The van der Waals surface area contributed by atoms with Crippen molar-refractivity contribution in [3.8, 4) is 0 Å². The summed E-state index contributed by atoms with van der Waals surface area (Å²) in [6, 6.07) is 16.9. The van der Waals surface area contributed by atoms with Crippen LogP contribution in [0.2, 0.25) is 0 Å². The number of nitrogens with zero attached hydrogens (tertiary/aromatic N) is 2. The minimum absolute atomic E-state index is 0.170. The molecule has 1 saturated heterocycles. The molecule has 2 aliphatic heterocycles. The zero-order valence-electron chi connectivity index (χ0n) is 15.0. The number of fused-ring (bicyclic) bond motifs is 1. The van der Waals surface area contributed by atoms with Crippen LogP contribution < -0.4 is 9.80 Å².